The summed E-state index contributed by atoms with van der Waals surface area (Å²) in [7, 11) is -0.940. The van der Waals surface area contributed by atoms with Crippen LogP contribution in [0.25, 0.3) is 0 Å². The first-order valence-electron chi connectivity index (χ1n) is 4.15. The van der Waals surface area contributed by atoms with Gasteiger partial charge in [-0.1, -0.05) is 0 Å². The molecule has 0 radical (unpaired) electrons. The molecule has 4 nitrogen and oxygen atoms in total. The molecule has 2 heterocycles. The van der Waals surface area contributed by atoms with E-state index in [9.17, 15) is 9.32 Å². The van der Waals surface area contributed by atoms with Gasteiger partial charge in [0.25, 0.3) is 0 Å². The summed E-state index contributed by atoms with van der Waals surface area (Å²) in [6.07, 6.45) is 3.64. The van der Waals surface area contributed by atoms with Crippen molar-refractivity contribution in [2.24, 2.45) is 0 Å². The van der Waals surface area contributed by atoms with Crippen LogP contribution in [0, 0.1) is 0 Å². The second-order valence-electron chi connectivity index (χ2n) is 3.29. The molecule has 0 spiro atoms. The first-order chi connectivity index (χ1) is 6.60. The van der Waals surface area contributed by atoms with Crippen molar-refractivity contribution in [3.8, 4) is 0 Å². The van der Waals surface area contributed by atoms with E-state index in [1.807, 2.05) is 0 Å². The van der Waals surface area contributed by atoms with Crippen LogP contribution in [0.1, 0.15) is 12.2 Å². The Morgan fingerprint density at radius 3 is 2.64 bits per heavy atom. The van der Waals surface area contributed by atoms with Crippen molar-refractivity contribution in [2.45, 2.75) is 12.0 Å². The smallest absolute Gasteiger partial charge is 0.161 e. The van der Waals surface area contributed by atoms with Crippen LogP contribution < -0.4 is 0 Å². The van der Waals surface area contributed by atoms with Crippen LogP contribution in [0.5, 0.6) is 0 Å². The minimum Gasteiger partial charge on any atom is -0.381 e. The highest BCUT2D eigenvalue weighted by Crippen LogP contribution is 2.29. The lowest BCUT2D eigenvalue weighted by Gasteiger charge is -2.18. The molecule has 14 heavy (non-hydrogen) atoms. The molecule has 76 valence electrons. The number of nitrogens with zero attached hydrogens (tertiary/aromatic N) is 2. The predicted molar refractivity (Wildman–Crippen MR) is 56.1 cm³/mol. The third-order valence-electron chi connectivity index (χ3n) is 2.18. The molecule has 0 amide bonds. The molecule has 1 fully saturated rings. The van der Waals surface area contributed by atoms with E-state index >= 15 is 0 Å². The monoisotopic (exact) mass is 276 g/mol. The number of hydrogen-bond acceptors (Lipinski definition) is 4. The van der Waals surface area contributed by atoms with Gasteiger partial charge in [-0.05, 0) is 22.4 Å². The minimum atomic E-state index is -1.09. The largest absolute Gasteiger partial charge is 0.381 e. The van der Waals surface area contributed by atoms with Crippen LogP contribution in [-0.4, -0.2) is 30.8 Å². The van der Waals surface area contributed by atoms with Gasteiger partial charge in [-0.25, -0.2) is 9.97 Å². The molecule has 2 atom stereocenters. The summed E-state index contributed by atoms with van der Waals surface area (Å²) in [4.78, 5) is 8.05. The maximum Gasteiger partial charge on any atom is 0.161 e. The van der Waals surface area contributed by atoms with E-state index in [2.05, 4.69) is 25.9 Å². The molecule has 2 rings (SSSR count). The molecule has 1 aliphatic heterocycles. The molecule has 0 aromatic carbocycles. The van der Waals surface area contributed by atoms with Gasteiger partial charge in [0.2, 0.25) is 0 Å². The maximum atomic E-state index is 11.2. The van der Waals surface area contributed by atoms with Gasteiger partial charge < -0.3 is 5.11 Å². The number of aliphatic hydroxyl groups is 1. The average Bonchev–Trinajstić information content (AvgIpc) is 2.48. The van der Waals surface area contributed by atoms with E-state index in [0.29, 0.717) is 18.0 Å². The average molecular weight is 277 g/mol. The van der Waals surface area contributed by atoms with E-state index in [1.54, 1.807) is 12.4 Å². The Balaban J connectivity index is 2.30. The van der Waals surface area contributed by atoms with Crippen LogP contribution >= 0.6 is 15.9 Å². The molecule has 1 N–H and O–H groups in total. The second kappa shape index (κ2) is 3.67. The van der Waals surface area contributed by atoms with E-state index in [-0.39, 0.29) is 5.75 Å². The number of hydrogen-bond donors (Lipinski definition) is 1. The Morgan fingerprint density at radius 1 is 1.50 bits per heavy atom. The summed E-state index contributed by atoms with van der Waals surface area (Å²) in [5.74, 6) is 1.14. The Bertz CT molecular complexity index is 370. The Kier molecular flexibility index (Phi) is 2.68. The predicted octanol–water partition coefficient (Wildman–Crippen LogP) is 0.579. The van der Waals surface area contributed by atoms with Crippen LogP contribution in [0.2, 0.25) is 0 Å². The van der Waals surface area contributed by atoms with Crippen LogP contribution in [-0.2, 0) is 16.4 Å². The minimum absolute atomic E-state index is 0.245. The summed E-state index contributed by atoms with van der Waals surface area (Å²) < 4.78 is 12.0. The molecule has 1 saturated heterocycles. The zero-order chi connectivity index (χ0) is 10.2. The van der Waals surface area contributed by atoms with E-state index in [1.165, 1.54) is 0 Å². The molecule has 1 aromatic heterocycles. The molecular formula is C8H9BrN2O2S. The molecule has 0 aliphatic carbocycles. The van der Waals surface area contributed by atoms with E-state index in [0.717, 1.165) is 4.47 Å². The van der Waals surface area contributed by atoms with Gasteiger partial charge in [-0.3, -0.25) is 4.21 Å². The van der Waals surface area contributed by atoms with Gasteiger partial charge >= 0.3 is 0 Å². The first-order valence-corrected chi connectivity index (χ1v) is 6.44. The van der Waals surface area contributed by atoms with Crippen LogP contribution in [0.15, 0.2) is 16.9 Å². The number of aromatic nitrogens is 2. The molecule has 0 saturated carbocycles. The molecule has 6 heteroatoms. The summed E-state index contributed by atoms with van der Waals surface area (Å²) in [6.45, 7) is 0. The summed E-state index contributed by atoms with van der Waals surface area (Å²) in [5, 5.41) is 10.1. The second-order valence-corrected chi connectivity index (χ2v) is 5.79. The molecule has 0 unspecified atom stereocenters. The fourth-order valence-electron chi connectivity index (χ4n) is 1.42. The number of halogens is 1. The zero-order valence-corrected chi connectivity index (χ0v) is 9.71. The van der Waals surface area contributed by atoms with E-state index < -0.39 is 16.4 Å². The van der Waals surface area contributed by atoms with Gasteiger partial charge in [0.15, 0.2) is 5.82 Å². The van der Waals surface area contributed by atoms with Gasteiger partial charge in [-0.15, -0.1) is 0 Å². The SMILES string of the molecule is O=[S@@]1CC[C@](O)(c2ncc(Br)cn2)C1. The molecular weight excluding hydrogens is 268 g/mol. The van der Waals surface area contributed by atoms with Gasteiger partial charge in [0, 0.05) is 28.9 Å². The van der Waals surface area contributed by atoms with Gasteiger partial charge in [-0.2, -0.15) is 0 Å². The Morgan fingerprint density at radius 2 is 2.14 bits per heavy atom. The Hall–Kier alpha value is -0.330. The highest BCUT2D eigenvalue weighted by molar-refractivity contribution is 9.10. The highest BCUT2D eigenvalue weighted by atomic mass is 79.9. The lowest BCUT2D eigenvalue weighted by atomic mass is 10.0. The van der Waals surface area contributed by atoms with Gasteiger partial charge in [0.1, 0.15) is 5.60 Å². The fraction of sp³-hybridized carbons (Fsp3) is 0.500. The number of rotatable bonds is 1. The summed E-state index contributed by atoms with van der Waals surface area (Å²) in [5.41, 5.74) is -1.09. The van der Waals surface area contributed by atoms with Crippen molar-refractivity contribution in [1.29, 1.82) is 0 Å². The van der Waals surface area contributed by atoms with Crippen molar-refractivity contribution in [2.75, 3.05) is 11.5 Å². The van der Waals surface area contributed by atoms with Crippen LogP contribution in [0.4, 0.5) is 0 Å². The fourth-order valence-corrected chi connectivity index (χ4v) is 3.14. The third-order valence-corrected chi connectivity index (χ3v) is 4.05. The van der Waals surface area contributed by atoms with E-state index in [4.69, 9.17) is 0 Å². The van der Waals surface area contributed by atoms with Gasteiger partial charge in [0.05, 0.1) is 10.2 Å². The quantitative estimate of drug-likeness (QED) is 0.815. The molecule has 1 aromatic rings. The van der Waals surface area contributed by atoms with Crippen molar-refractivity contribution >= 4 is 26.7 Å². The highest BCUT2D eigenvalue weighted by Gasteiger charge is 2.39. The van der Waals surface area contributed by atoms with Crippen molar-refractivity contribution in [1.82, 2.24) is 9.97 Å². The standard InChI is InChI=1S/C8H9BrN2O2S/c9-6-3-10-7(11-4-6)8(12)1-2-14(13)5-8/h3-4,12H,1-2,5H2/t8-,14-/m1/s1. The topological polar surface area (TPSA) is 63.1 Å². The normalized spacial score (nSPS) is 32.0. The lowest BCUT2D eigenvalue weighted by molar-refractivity contribution is 0.0558. The maximum absolute atomic E-state index is 11.2. The molecule has 0 bridgehead atoms. The van der Waals surface area contributed by atoms with Crippen molar-refractivity contribution in [3.63, 3.8) is 0 Å². The van der Waals surface area contributed by atoms with Crippen LogP contribution in [0.3, 0.4) is 0 Å². The third kappa shape index (κ3) is 1.87. The Labute approximate surface area is 92.4 Å². The first kappa shape index (κ1) is 10.2. The lowest BCUT2D eigenvalue weighted by Crippen LogP contribution is -2.28. The molecule has 1 aliphatic rings. The van der Waals surface area contributed by atoms with Crippen molar-refractivity contribution in [3.05, 3.63) is 22.7 Å². The zero-order valence-electron chi connectivity index (χ0n) is 7.31. The van der Waals surface area contributed by atoms with Crippen molar-refractivity contribution < 1.29 is 9.32 Å². The summed E-state index contributed by atoms with van der Waals surface area (Å²) >= 11 is 3.22. The summed E-state index contributed by atoms with van der Waals surface area (Å²) in [6, 6.07) is 0.